The topological polar surface area (TPSA) is 37.7 Å². The van der Waals surface area contributed by atoms with Crippen LogP contribution in [0.5, 0.6) is 0 Å². The van der Waals surface area contributed by atoms with Crippen LogP contribution >= 0.6 is 0 Å². The van der Waals surface area contributed by atoms with Crippen LogP contribution in [0.3, 0.4) is 0 Å². The highest BCUT2D eigenvalue weighted by Gasteiger charge is 2.39. The molecule has 1 aromatic rings. The molecule has 5 heteroatoms. The summed E-state index contributed by atoms with van der Waals surface area (Å²) in [4.78, 5) is 17.9. The van der Waals surface area contributed by atoms with Gasteiger partial charge in [0.15, 0.2) is 0 Å². The van der Waals surface area contributed by atoms with Gasteiger partial charge in [-0.2, -0.15) is 0 Å². The van der Waals surface area contributed by atoms with Crippen molar-refractivity contribution in [2.75, 3.05) is 39.4 Å². The zero-order valence-corrected chi connectivity index (χ0v) is 15.8. The van der Waals surface area contributed by atoms with Gasteiger partial charge in [-0.3, -0.25) is 9.69 Å². The van der Waals surface area contributed by atoms with Gasteiger partial charge in [-0.05, 0) is 38.7 Å². The number of morpholine rings is 1. The largest absolute Gasteiger partial charge is 0.379 e. The Balaban J connectivity index is 1.52. The molecule has 0 N–H and O–H groups in total. The molecular formula is C20H31N3O2. The van der Waals surface area contributed by atoms with Crippen molar-refractivity contribution < 1.29 is 9.53 Å². The molecular weight excluding hydrogens is 314 g/mol. The Bertz CT molecular complexity index is 644. The molecule has 2 aliphatic heterocycles. The minimum Gasteiger partial charge on any atom is -0.379 e. The Kier molecular flexibility index (Phi) is 4.63. The molecule has 1 amide bonds. The lowest BCUT2D eigenvalue weighted by molar-refractivity contribution is 0.0103. The molecule has 2 saturated heterocycles. The first-order valence-corrected chi connectivity index (χ1v) is 9.89. The predicted octanol–water partition coefficient (Wildman–Crippen LogP) is 2.62. The first-order chi connectivity index (χ1) is 12.1. The van der Waals surface area contributed by atoms with E-state index in [1.165, 1.54) is 18.5 Å². The highest BCUT2D eigenvalue weighted by atomic mass is 16.5. The minimum atomic E-state index is 0.231. The number of hydrogen-bond acceptors (Lipinski definition) is 3. The maximum absolute atomic E-state index is 13.2. The van der Waals surface area contributed by atoms with Crippen molar-refractivity contribution in [2.24, 2.45) is 5.92 Å². The molecule has 0 spiro atoms. The van der Waals surface area contributed by atoms with Crippen LogP contribution in [0.2, 0.25) is 0 Å². The summed E-state index contributed by atoms with van der Waals surface area (Å²) in [5.74, 6) is 0.809. The third kappa shape index (κ3) is 3.13. The molecule has 138 valence electrons. The van der Waals surface area contributed by atoms with E-state index >= 15 is 0 Å². The predicted molar refractivity (Wildman–Crippen MR) is 98.0 cm³/mol. The van der Waals surface area contributed by atoms with E-state index in [0.29, 0.717) is 18.0 Å². The fraction of sp³-hybridized carbons (Fsp3) is 0.750. The number of rotatable bonds is 4. The van der Waals surface area contributed by atoms with Crippen molar-refractivity contribution in [3.8, 4) is 0 Å². The number of nitrogens with zero attached hydrogens (tertiary/aromatic N) is 3. The normalized spacial score (nSPS) is 27.9. The van der Waals surface area contributed by atoms with Crippen molar-refractivity contribution in [1.82, 2.24) is 14.4 Å². The summed E-state index contributed by atoms with van der Waals surface area (Å²) in [7, 11) is 0. The maximum Gasteiger partial charge on any atom is 0.255 e. The summed E-state index contributed by atoms with van der Waals surface area (Å²) in [6.07, 6.45) is 3.64. The van der Waals surface area contributed by atoms with Gasteiger partial charge in [0, 0.05) is 49.7 Å². The number of aryl methyl sites for hydroxylation is 1. The second kappa shape index (κ2) is 6.76. The Morgan fingerprint density at radius 1 is 1.20 bits per heavy atom. The highest BCUT2D eigenvalue weighted by molar-refractivity contribution is 5.96. The molecule has 0 bridgehead atoms. The van der Waals surface area contributed by atoms with Gasteiger partial charge in [0.25, 0.3) is 5.91 Å². The Morgan fingerprint density at radius 2 is 1.92 bits per heavy atom. The SMILES string of the molecule is CC[C@@H]1CN(C(=O)c2cc(C)n(C3CC3)c2C)C[C@@H]1N1CCOCC1. The molecule has 4 rings (SSSR count). The molecule has 2 atom stereocenters. The molecule has 1 aromatic heterocycles. The summed E-state index contributed by atoms with van der Waals surface area (Å²) < 4.78 is 7.88. The van der Waals surface area contributed by atoms with E-state index in [1.807, 2.05) is 0 Å². The lowest BCUT2D eigenvalue weighted by Crippen LogP contribution is -2.47. The Hall–Kier alpha value is -1.33. The van der Waals surface area contributed by atoms with Crippen molar-refractivity contribution in [3.05, 3.63) is 23.0 Å². The highest BCUT2D eigenvalue weighted by Crippen LogP contribution is 2.39. The van der Waals surface area contributed by atoms with Crippen LogP contribution in [0.4, 0.5) is 0 Å². The van der Waals surface area contributed by atoms with Gasteiger partial charge in [0.05, 0.1) is 18.8 Å². The van der Waals surface area contributed by atoms with Crippen LogP contribution in [-0.4, -0.2) is 65.7 Å². The van der Waals surface area contributed by atoms with E-state index in [-0.39, 0.29) is 5.91 Å². The van der Waals surface area contributed by atoms with Crippen LogP contribution in [0.15, 0.2) is 6.07 Å². The molecule has 5 nitrogen and oxygen atoms in total. The molecule has 3 aliphatic rings. The van der Waals surface area contributed by atoms with Crippen LogP contribution in [0, 0.1) is 19.8 Å². The molecule has 1 saturated carbocycles. The second-order valence-electron chi connectivity index (χ2n) is 7.98. The smallest absolute Gasteiger partial charge is 0.255 e. The molecule has 25 heavy (non-hydrogen) atoms. The van der Waals surface area contributed by atoms with E-state index in [0.717, 1.165) is 57.1 Å². The number of likely N-dealkylation sites (tertiary alicyclic amines) is 1. The number of hydrogen-bond donors (Lipinski definition) is 0. The number of amides is 1. The number of carbonyl (C=O) groups is 1. The van der Waals surface area contributed by atoms with E-state index < -0.39 is 0 Å². The fourth-order valence-electron chi connectivity index (χ4n) is 4.80. The average Bonchev–Trinajstić information content (AvgIpc) is 3.28. The van der Waals surface area contributed by atoms with Gasteiger partial charge in [0.1, 0.15) is 0 Å². The van der Waals surface area contributed by atoms with Crippen LogP contribution < -0.4 is 0 Å². The van der Waals surface area contributed by atoms with E-state index in [1.54, 1.807) is 0 Å². The molecule has 1 aliphatic carbocycles. The monoisotopic (exact) mass is 345 g/mol. The number of aromatic nitrogens is 1. The second-order valence-corrected chi connectivity index (χ2v) is 7.98. The maximum atomic E-state index is 13.2. The standard InChI is InChI=1S/C20H31N3O2/c1-4-16-12-22(13-19(16)21-7-9-25-10-8-21)20(24)18-11-14(2)23(15(18)3)17-5-6-17/h11,16-17,19H,4-10,12-13H2,1-3H3/t16-,19+/m1/s1. The van der Waals surface area contributed by atoms with E-state index in [9.17, 15) is 4.79 Å². The first-order valence-electron chi connectivity index (χ1n) is 9.89. The average molecular weight is 345 g/mol. The summed E-state index contributed by atoms with van der Waals surface area (Å²) >= 11 is 0. The van der Waals surface area contributed by atoms with Crippen molar-refractivity contribution in [3.63, 3.8) is 0 Å². The van der Waals surface area contributed by atoms with E-state index in [2.05, 4.69) is 41.2 Å². The summed E-state index contributed by atoms with van der Waals surface area (Å²) in [5, 5.41) is 0. The van der Waals surface area contributed by atoms with Gasteiger partial charge in [0.2, 0.25) is 0 Å². The lowest BCUT2D eigenvalue weighted by Gasteiger charge is -2.34. The Morgan fingerprint density at radius 3 is 2.56 bits per heavy atom. The zero-order valence-electron chi connectivity index (χ0n) is 15.8. The zero-order chi connectivity index (χ0) is 17.6. The van der Waals surface area contributed by atoms with Gasteiger partial charge < -0.3 is 14.2 Å². The summed E-state index contributed by atoms with van der Waals surface area (Å²) in [5.41, 5.74) is 3.31. The molecule has 0 radical (unpaired) electrons. The van der Waals surface area contributed by atoms with Crippen LogP contribution in [0.25, 0.3) is 0 Å². The van der Waals surface area contributed by atoms with Crippen LogP contribution in [0.1, 0.15) is 54.0 Å². The van der Waals surface area contributed by atoms with Crippen molar-refractivity contribution in [1.29, 1.82) is 0 Å². The van der Waals surface area contributed by atoms with Crippen LogP contribution in [-0.2, 0) is 4.74 Å². The molecule has 3 heterocycles. The third-order valence-corrected chi connectivity index (χ3v) is 6.36. The van der Waals surface area contributed by atoms with E-state index in [4.69, 9.17) is 4.74 Å². The quantitative estimate of drug-likeness (QED) is 0.842. The van der Waals surface area contributed by atoms with Gasteiger partial charge in [-0.15, -0.1) is 0 Å². The Labute approximate surface area is 150 Å². The molecule has 0 aromatic carbocycles. The minimum absolute atomic E-state index is 0.231. The van der Waals surface area contributed by atoms with Crippen molar-refractivity contribution in [2.45, 2.75) is 52.1 Å². The lowest BCUT2D eigenvalue weighted by atomic mass is 9.99. The fourth-order valence-corrected chi connectivity index (χ4v) is 4.80. The molecule has 3 fully saturated rings. The van der Waals surface area contributed by atoms with Gasteiger partial charge in [-0.25, -0.2) is 0 Å². The van der Waals surface area contributed by atoms with Crippen molar-refractivity contribution >= 4 is 5.91 Å². The molecule has 0 unspecified atom stereocenters. The summed E-state index contributed by atoms with van der Waals surface area (Å²) in [6.45, 7) is 11.9. The number of carbonyl (C=O) groups excluding carboxylic acids is 1. The summed E-state index contributed by atoms with van der Waals surface area (Å²) in [6, 6.07) is 3.23. The number of ether oxygens (including phenoxy) is 1. The first kappa shape index (κ1) is 17.1. The van der Waals surface area contributed by atoms with Gasteiger partial charge in [-0.1, -0.05) is 13.3 Å². The third-order valence-electron chi connectivity index (χ3n) is 6.36. The van der Waals surface area contributed by atoms with Gasteiger partial charge >= 0.3 is 0 Å².